The number of terminal acetylenes is 1. The molecule has 0 saturated heterocycles. The lowest BCUT2D eigenvalue weighted by Gasteiger charge is -2.60. The standard InChI is InChI=1S/C30H48O/c1-8-30(31)19-18-29(7)25(22(30)5)13-12-23-26-15-14-24(21(4)11-9-10-20(2)3)28(26,6)17-16-27(23)29/h1,12,20-22,24-27,31H,9-11,13-19H2,2-7H3/t21-,22+,24-,25+,26+,27+,28-,29+,30-/m1/s1. The summed E-state index contributed by atoms with van der Waals surface area (Å²) in [4.78, 5) is 0. The molecule has 4 aliphatic carbocycles. The van der Waals surface area contributed by atoms with Gasteiger partial charge in [-0.05, 0) is 97.2 Å². The summed E-state index contributed by atoms with van der Waals surface area (Å²) in [5.41, 5.74) is 1.74. The summed E-state index contributed by atoms with van der Waals surface area (Å²) in [7, 11) is 0. The fraction of sp³-hybridized carbons (Fsp3) is 0.867. The first kappa shape index (κ1) is 23.4. The molecule has 3 saturated carbocycles. The Hall–Kier alpha value is -0.740. The summed E-state index contributed by atoms with van der Waals surface area (Å²) in [6.07, 6.45) is 21.2. The fourth-order valence-electron chi connectivity index (χ4n) is 9.16. The van der Waals surface area contributed by atoms with Gasteiger partial charge in [-0.15, -0.1) is 6.42 Å². The Labute approximate surface area is 192 Å². The molecule has 1 nitrogen and oxygen atoms in total. The molecule has 9 atom stereocenters. The zero-order chi connectivity index (χ0) is 22.6. The minimum absolute atomic E-state index is 0.194. The van der Waals surface area contributed by atoms with E-state index in [0.29, 0.717) is 22.7 Å². The third kappa shape index (κ3) is 3.64. The second-order valence-electron chi connectivity index (χ2n) is 13.0. The van der Waals surface area contributed by atoms with E-state index in [1.165, 1.54) is 44.9 Å². The normalized spacial score (nSPS) is 47.7. The van der Waals surface area contributed by atoms with Crippen molar-refractivity contribution in [1.29, 1.82) is 0 Å². The predicted molar refractivity (Wildman–Crippen MR) is 131 cm³/mol. The highest BCUT2D eigenvalue weighted by Gasteiger charge is 2.60. The fourth-order valence-corrected chi connectivity index (χ4v) is 9.16. The molecule has 0 unspecified atom stereocenters. The van der Waals surface area contributed by atoms with E-state index in [0.717, 1.165) is 42.9 Å². The number of rotatable bonds is 5. The summed E-state index contributed by atoms with van der Waals surface area (Å²) in [6.45, 7) is 14.7. The molecule has 31 heavy (non-hydrogen) atoms. The van der Waals surface area contributed by atoms with Crippen LogP contribution in [0.25, 0.3) is 0 Å². The van der Waals surface area contributed by atoms with E-state index in [4.69, 9.17) is 6.42 Å². The van der Waals surface area contributed by atoms with E-state index >= 15 is 0 Å². The summed E-state index contributed by atoms with van der Waals surface area (Å²) in [6, 6.07) is 0. The molecule has 0 aliphatic heterocycles. The van der Waals surface area contributed by atoms with Crippen LogP contribution in [-0.4, -0.2) is 10.7 Å². The molecular weight excluding hydrogens is 376 g/mol. The van der Waals surface area contributed by atoms with Gasteiger partial charge in [-0.2, -0.15) is 0 Å². The Bertz CT molecular complexity index is 742. The van der Waals surface area contributed by atoms with Gasteiger partial charge in [0.15, 0.2) is 0 Å². The van der Waals surface area contributed by atoms with E-state index < -0.39 is 5.60 Å². The third-order valence-corrected chi connectivity index (χ3v) is 11.2. The van der Waals surface area contributed by atoms with Crippen molar-refractivity contribution in [3.05, 3.63) is 11.6 Å². The van der Waals surface area contributed by atoms with Crippen molar-refractivity contribution in [1.82, 2.24) is 0 Å². The van der Waals surface area contributed by atoms with Gasteiger partial charge in [-0.3, -0.25) is 0 Å². The van der Waals surface area contributed by atoms with Crippen LogP contribution in [-0.2, 0) is 0 Å². The number of aliphatic hydroxyl groups is 1. The second-order valence-corrected chi connectivity index (χ2v) is 13.0. The lowest BCUT2D eigenvalue weighted by Crippen LogP contribution is -2.56. The van der Waals surface area contributed by atoms with Crippen LogP contribution in [0.5, 0.6) is 0 Å². The van der Waals surface area contributed by atoms with Gasteiger partial charge in [-0.1, -0.05) is 78.4 Å². The second kappa shape index (κ2) is 8.24. The van der Waals surface area contributed by atoms with Crippen molar-refractivity contribution in [2.45, 2.75) is 111 Å². The first-order valence-electron chi connectivity index (χ1n) is 13.5. The van der Waals surface area contributed by atoms with Crippen LogP contribution in [0.2, 0.25) is 0 Å². The highest BCUT2D eigenvalue weighted by atomic mass is 16.3. The van der Waals surface area contributed by atoms with Crippen molar-refractivity contribution in [2.75, 3.05) is 0 Å². The molecule has 0 amide bonds. The molecule has 0 aromatic carbocycles. The zero-order valence-electron chi connectivity index (χ0n) is 21.2. The van der Waals surface area contributed by atoms with Crippen molar-refractivity contribution in [3.8, 4) is 12.3 Å². The zero-order valence-corrected chi connectivity index (χ0v) is 21.2. The summed E-state index contributed by atoms with van der Waals surface area (Å²) in [5, 5.41) is 11.0. The van der Waals surface area contributed by atoms with Gasteiger partial charge in [0, 0.05) is 0 Å². The summed E-state index contributed by atoms with van der Waals surface area (Å²) < 4.78 is 0. The first-order valence-corrected chi connectivity index (χ1v) is 13.5. The SMILES string of the molecule is C#C[C@@]1(O)CC[C@]2(C)[C@H]3CC[C@]4(C)[C@@H]([C@H](C)CCCC(C)C)CC[C@H]4C3=CC[C@H]2[C@@H]1C. The van der Waals surface area contributed by atoms with Crippen LogP contribution in [0.4, 0.5) is 0 Å². The van der Waals surface area contributed by atoms with Crippen LogP contribution in [0.1, 0.15) is 106 Å². The highest BCUT2D eigenvalue weighted by molar-refractivity contribution is 5.30. The van der Waals surface area contributed by atoms with E-state index in [1.54, 1.807) is 0 Å². The average molecular weight is 425 g/mol. The van der Waals surface area contributed by atoms with Gasteiger partial charge in [0.1, 0.15) is 5.60 Å². The minimum atomic E-state index is -0.900. The van der Waals surface area contributed by atoms with Gasteiger partial charge >= 0.3 is 0 Å². The Morgan fingerprint density at radius 3 is 2.42 bits per heavy atom. The minimum Gasteiger partial charge on any atom is -0.377 e. The first-order chi connectivity index (χ1) is 14.6. The maximum atomic E-state index is 11.0. The molecule has 3 fully saturated rings. The summed E-state index contributed by atoms with van der Waals surface area (Å²) in [5.74, 6) is 7.59. The third-order valence-electron chi connectivity index (χ3n) is 11.2. The molecule has 1 N–H and O–H groups in total. The average Bonchev–Trinajstić information content (AvgIpc) is 3.08. The van der Waals surface area contributed by atoms with E-state index in [9.17, 15) is 5.11 Å². The summed E-state index contributed by atoms with van der Waals surface area (Å²) >= 11 is 0. The molecule has 4 rings (SSSR count). The smallest absolute Gasteiger partial charge is 0.128 e. The van der Waals surface area contributed by atoms with Crippen molar-refractivity contribution >= 4 is 0 Å². The highest BCUT2D eigenvalue weighted by Crippen LogP contribution is 2.68. The van der Waals surface area contributed by atoms with E-state index in [-0.39, 0.29) is 5.92 Å². The largest absolute Gasteiger partial charge is 0.377 e. The van der Waals surface area contributed by atoms with Gasteiger partial charge in [0.25, 0.3) is 0 Å². The van der Waals surface area contributed by atoms with E-state index in [2.05, 4.69) is 53.5 Å². The molecule has 174 valence electrons. The van der Waals surface area contributed by atoms with Crippen molar-refractivity contribution in [3.63, 3.8) is 0 Å². The van der Waals surface area contributed by atoms with Crippen LogP contribution in [0.15, 0.2) is 11.6 Å². The quantitative estimate of drug-likeness (QED) is 0.355. The molecule has 0 aromatic rings. The van der Waals surface area contributed by atoms with Gasteiger partial charge in [0.05, 0.1) is 0 Å². The number of hydrogen-bond donors (Lipinski definition) is 1. The Morgan fingerprint density at radius 2 is 1.74 bits per heavy atom. The van der Waals surface area contributed by atoms with Gasteiger partial charge < -0.3 is 5.11 Å². The lowest BCUT2D eigenvalue weighted by atomic mass is 9.45. The topological polar surface area (TPSA) is 20.2 Å². The van der Waals surface area contributed by atoms with Crippen LogP contribution >= 0.6 is 0 Å². The van der Waals surface area contributed by atoms with Crippen LogP contribution < -0.4 is 0 Å². The number of fused-ring (bicyclic) bond motifs is 5. The van der Waals surface area contributed by atoms with Crippen molar-refractivity contribution in [2.24, 2.45) is 52.3 Å². The molecule has 0 radical (unpaired) electrons. The predicted octanol–water partition coefficient (Wildman–Crippen LogP) is 7.64. The van der Waals surface area contributed by atoms with Gasteiger partial charge in [0.2, 0.25) is 0 Å². The number of allylic oxidation sites excluding steroid dienone is 2. The molecule has 0 bridgehead atoms. The molecule has 0 heterocycles. The van der Waals surface area contributed by atoms with Crippen LogP contribution in [0.3, 0.4) is 0 Å². The molecular formula is C30H48O. The van der Waals surface area contributed by atoms with Gasteiger partial charge in [-0.25, -0.2) is 0 Å². The van der Waals surface area contributed by atoms with Crippen LogP contribution in [0, 0.1) is 64.6 Å². The molecule has 0 aromatic heterocycles. The molecule has 4 aliphatic rings. The maximum absolute atomic E-state index is 11.0. The Balaban J connectivity index is 1.54. The monoisotopic (exact) mass is 424 g/mol. The molecule has 1 heteroatoms. The van der Waals surface area contributed by atoms with E-state index in [1.807, 2.05) is 5.57 Å². The maximum Gasteiger partial charge on any atom is 0.128 e. The Kier molecular flexibility index (Phi) is 6.22. The number of hydrogen-bond acceptors (Lipinski definition) is 1. The Morgan fingerprint density at radius 1 is 1.03 bits per heavy atom. The molecule has 0 spiro atoms. The van der Waals surface area contributed by atoms with Crippen molar-refractivity contribution < 1.29 is 5.11 Å². The lowest BCUT2D eigenvalue weighted by molar-refractivity contribution is -0.107.